The van der Waals surface area contributed by atoms with E-state index in [1.807, 2.05) is 78.9 Å². The Bertz CT molecular complexity index is 2150. The molecular weight excluding hydrogens is 651 g/mol. The molecule has 2 heterocycles. The molecule has 0 unspecified atom stereocenters. The van der Waals surface area contributed by atoms with Crippen molar-refractivity contribution in [1.29, 1.82) is 0 Å². The van der Waals surface area contributed by atoms with E-state index in [0.717, 1.165) is 22.3 Å². The van der Waals surface area contributed by atoms with Crippen molar-refractivity contribution in [2.24, 2.45) is 4.99 Å². The number of carbonyl (C=O) groups excluding carboxylic acids is 1. The van der Waals surface area contributed by atoms with Gasteiger partial charge in [-0.25, -0.2) is 9.79 Å². The molecule has 9 heteroatoms. The second-order valence-corrected chi connectivity index (χ2v) is 13.2. The van der Waals surface area contributed by atoms with Crippen molar-refractivity contribution >= 4 is 52.3 Å². The third kappa shape index (κ3) is 6.84. The largest absolute Gasteiger partial charge is 0.488 e. The van der Waals surface area contributed by atoms with E-state index in [4.69, 9.17) is 37.7 Å². The van der Waals surface area contributed by atoms with Gasteiger partial charge in [-0.15, -0.1) is 0 Å². The molecule has 47 heavy (non-hydrogen) atoms. The van der Waals surface area contributed by atoms with Gasteiger partial charge in [0.1, 0.15) is 12.4 Å². The van der Waals surface area contributed by atoms with Crippen LogP contribution in [0.15, 0.2) is 112 Å². The molecule has 0 fully saturated rings. The number of rotatable bonds is 9. The fourth-order valence-electron chi connectivity index (χ4n) is 5.49. The van der Waals surface area contributed by atoms with E-state index in [0.29, 0.717) is 47.9 Å². The van der Waals surface area contributed by atoms with E-state index in [1.54, 1.807) is 35.8 Å². The molecule has 4 aromatic carbocycles. The first-order valence-electron chi connectivity index (χ1n) is 15.3. The van der Waals surface area contributed by atoms with Crippen LogP contribution in [0.3, 0.4) is 0 Å². The number of benzene rings is 4. The van der Waals surface area contributed by atoms with Crippen LogP contribution in [0.1, 0.15) is 60.5 Å². The number of hydrogen-bond donors (Lipinski definition) is 0. The van der Waals surface area contributed by atoms with Crippen LogP contribution in [-0.2, 0) is 16.1 Å². The average molecular weight is 684 g/mol. The van der Waals surface area contributed by atoms with Crippen LogP contribution in [0.5, 0.6) is 5.75 Å². The quantitative estimate of drug-likeness (QED) is 0.148. The fraction of sp³-hybridized carbons (Fsp3) is 0.184. The lowest BCUT2D eigenvalue weighted by Gasteiger charge is -2.26. The summed E-state index contributed by atoms with van der Waals surface area (Å²) in [5.74, 6) is 0.337. The minimum Gasteiger partial charge on any atom is -0.488 e. The summed E-state index contributed by atoms with van der Waals surface area (Å²) in [6.45, 7) is 6.42. The van der Waals surface area contributed by atoms with Crippen molar-refractivity contribution in [2.45, 2.75) is 39.3 Å². The van der Waals surface area contributed by atoms with Crippen molar-refractivity contribution in [3.8, 4) is 5.75 Å². The molecule has 1 aliphatic heterocycles. The highest BCUT2D eigenvalue weighted by atomic mass is 35.5. The summed E-state index contributed by atoms with van der Waals surface area (Å²) in [5.41, 5.74) is 4.62. The third-order valence-electron chi connectivity index (χ3n) is 7.89. The molecule has 5 aromatic rings. The maximum atomic E-state index is 14.4. The summed E-state index contributed by atoms with van der Waals surface area (Å²) < 4.78 is 13.8. The lowest BCUT2D eigenvalue weighted by Crippen LogP contribution is -2.40. The number of carbonyl (C=O) groups is 1. The van der Waals surface area contributed by atoms with Gasteiger partial charge in [0.25, 0.3) is 5.56 Å². The number of aromatic nitrogens is 1. The fourth-order valence-corrected chi connectivity index (χ4v) is 6.86. The highest BCUT2D eigenvalue weighted by molar-refractivity contribution is 7.07. The summed E-state index contributed by atoms with van der Waals surface area (Å²) in [6, 6.07) is 29.5. The van der Waals surface area contributed by atoms with Crippen LogP contribution in [0, 0.1) is 0 Å². The number of ether oxygens (including phenoxy) is 2. The number of thiazole rings is 1. The average Bonchev–Trinajstić information content (AvgIpc) is 3.38. The van der Waals surface area contributed by atoms with E-state index in [-0.39, 0.29) is 18.8 Å². The predicted molar refractivity (Wildman–Crippen MR) is 189 cm³/mol. The molecule has 6 rings (SSSR count). The molecule has 0 amide bonds. The maximum Gasteiger partial charge on any atom is 0.338 e. The standard InChI is InChI=1S/C38H32Cl2N2O4S/c1-4-45-37(44)33-34(25-10-6-5-7-11-25)41-38-42(35(33)26-16-14-24(15-17-26)23(2)3)36(43)32(47-38)21-28-20-29(39)18-19-31(28)46-22-27-12-8-9-13-30(27)40/h5-21,23,35H,4,22H2,1-3H3/b32-21-/t35-/m0/s1. The highest BCUT2D eigenvalue weighted by Gasteiger charge is 2.35. The van der Waals surface area contributed by atoms with Gasteiger partial charge in [-0.05, 0) is 54.3 Å². The SMILES string of the molecule is CCOC(=O)C1=C(c2ccccc2)N=c2s/c(=C\c3cc(Cl)ccc3OCc3ccccc3Cl)c(=O)n2[C@H]1c1ccc(C(C)C)cc1. The van der Waals surface area contributed by atoms with Gasteiger partial charge < -0.3 is 9.47 Å². The van der Waals surface area contributed by atoms with Crippen molar-refractivity contribution in [1.82, 2.24) is 4.57 Å². The molecule has 0 N–H and O–H groups in total. The smallest absolute Gasteiger partial charge is 0.338 e. The molecule has 0 aliphatic carbocycles. The van der Waals surface area contributed by atoms with Crippen LogP contribution in [0.25, 0.3) is 11.8 Å². The first kappa shape index (κ1) is 32.5. The number of esters is 1. The summed E-state index contributed by atoms with van der Waals surface area (Å²) in [7, 11) is 0. The van der Waals surface area contributed by atoms with E-state index in [9.17, 15) is 9.59 Å². The van der Waals surface area contributed by atoms with Gasteiger partial charge >= 0.3 is 5.97 Å². The number of halogens is 2. The molecule has 0 bridgehead atoms. The minimum atomic E-state index is -0.765. The predicted octanol–water partition coefficient (Wildman–Crippen LogP) is 7.94. The Labute approximate surface area is 286 Å². The number of nitrogens with zero attached hydrogens (tertiary/aromatic N) is 2. The van der Waals surface area contributed by atoms with Gasteiger partial charge in [-0.1, -0.05) is 121 Å². The molecule has 6 nitrogen and oxygen atoms in total. The molecule has 0 saturated carbocycles. The Morgan fingerprint density at radius 1 is 0.979 bits per heavy atom. The lowest BCUT2D eigenvalue weighted by molar-refractivity contribution is -0.138. The summed E-state index contributed by atoms with van der Waals surface area (Å²) in [6.07, 6.45) is 1.76. The second-order valence-electron chi connectivity index (χ2n) is 11.3. The van der Waals surface area contributed by atoms with Crippen LogP contribution >= 0.6 is 34.5 Å². The first-order valence-corrected chi connectivity index (χ1v) is 16.9. The minimum absolute atomic E-state index is 0.180. The lowest BCUT2D eigenvalue weighted by atomic mass is 9.91. The van der Waals surface area contributed by atoms with E-state index >= 15 is 0 Å². The van der Waals surface area contributed by atoms with E-state index in [1.165, 1.54) is 11.3 Å². The number of fused-ring (bicyclic) bond motifs is 1. The Hall–Kier alpha value is -4.43. The molecule has 238 valence electrons. The Morgan fingerprint density at radius 2 is 1.70 bits per heavy atom. The van der Waals surface area contributed by atoms with Crippen LogP contribution < -0.4 is 19.6 Å². The van der Waals surface area contributed by atoms with Crippen molar-refractivity contribution in [3.05, 3.63) is 160 Å². The summed E-state index contributed by atoms with van der Waals surface area (Å²) in [5, 5.41) is 1.09. The number of hydrogen-bond acceptors (Lipinski definition) is 6. The maximum absolute atomic E-state index is 14.4. The Morgan fingerprint density at radius 3 is 2.40 bits per heavy atom. The van der Waals surface area contributed by atoms with Gasteiger partial charge in [0, 0.05) is 26.7 Å². The molecule has 1 atom stereocenters. The highest BCUT2D eigenvalue weighted by Crippen LogP contribution is 2.36. The molecule has 0 radical (unpaired) electrons. The first-order chi connectivity index (χ1) is 22.7. The Balaban J connectivity index is 1.54. The van der Waals surface area contributed by atoms with Crippen LogP contribution in [0.2, 0.25) is 10.0 Å². The molecule has 0 saturated heterocycles. The van der Waals surface area contributed by atoms with Gasteiger partial charge in [0.05, 0.1) is 28.5 Å². The summed E-state index contributed by atoms with van der Waals surface area (Å²) in [4.78, 5) is 33.5. The van der Waals surface area contributed by atoms with Gasteiger partial charge in [0.15, 0.2) is 4.80 Å². The van der Waals surface area contributed by atoms with Gasteiger partial charge in [0.2, 0.25) is 0 Å². The summed E-state index contributed by atoms with van der Waals surface area (Å²) >= 11 is 14.0. The molecule has 0 spiro atoms. The second kappa shape index (κ2) is 14.1. The normalized spacial score (nSPS) is 14.6. The molecular formula is C38H32Cl2N2O4S. The monoisotopic (exact) mass is 682 g/mol. The Kier molecular flexibility index (Phi) is 9.78. The van der Waals surface area contributed by atoms with Gasteiger partial charge in [-0.3, -0.25) is 9.36 Å². The van der Waals surface area contributed by atoms with Crippen LogP contribution in [0.4, 0.5) is 0 Å². The molecule has 1 aliphatic rings. The van der Waals surface area contributed by atoms with Gasteiger partial charge in [-0.2, -0.15) is 0 Å². The molecule has 1 aromatic heterocycles. The van der Waals surface area contributed by atoms with Crippen molar-refractivity contribution in [3.63, 3.8) is 0 Å². The zero-order valence-electron chi connectivity index (χ0n) is 26.1. The van der Waals surface area contributed by atoms with Crippen LogP contribution in [-0.4, -0.2) is 17.1 Å². The van der Waals surface area contributed by atoms with Crippen molar-refractivity contribution in [2.75, 3.05) is 6.61 Å². The van der Waals surface area contributed by atoms with Crippen molar-refractivity contribution < 1.29 is 14.3 Å². The van der Waals surface area contributed by atoms with E-state index < -0.39 is 12.0 Å². The third-order valence-corrected chi connectivity index (χ3v) is 9.48. The van der Waals surface area contributed by atoms with E-state index in [2.05, 4.69) is 13.8 Å². The zero-order chi connectivity index (χ0) is 33.1. The topological polar surface area (TPSA) is 69.9 Å². The zero-order valence-corrected chi connectivity index (χ0v) is 28.4.